The number of halogens is 3. The molecular weight excluding hydrogens is 258 g/mol. The van der Waals surface area contributed by atoms with E-state index in [0.29, 0.717) is 0 Å². The van der Waals surface area contributed by atoms with Gasteiger partial charge < -0.3 is 4.74 Å². The van der Waals surface area contributed by atoms with E-state index in [2.05, 4.69) is 4.74 Å². The highest BCUT2D eigenvalue weighted by Gasteiger charge is 2.20. The summed E-state index contributed by atoms with van der Waals surface area (Å²) < 4.78 is 17.5. The fraction of sp³-hybridized carbons (Fsp3) is 0.200. The molecule has 1 aromatic carbocycles. The van der Waals surface area contributed by atoms with Crippen molar-refractivity contribution >= 4 is 35.0 Å². The first kappa shape index (κ1) is 12.9. The average Bonchev–Trinajstić information content (AvgIpc) is 2.24. The van der Waals surface area contributed by atoms with Crippen LogP contribution in [0.4, 0.5) is 4.39 Å². The standard InChI is InChI=1S/C10H7Cl2FO3/c1-2-16-10(15)9(14)5-3-6(11)8(13)7(12)4-5/h3-4H,2H2,1H3. The summed E-state index contributed by atoms with van der Waals surface area (Å²) >= 11 is 11.0. The van der Waals surface area contributed by atoms with Gasteiger partial charge in [0.05, 0.1) is 16.7 Å². The lowest BCUT2D eigenvalue weighted by Crippen LogP contribution is -2.17. The fourth-order valence-electron chi connectivity index (χ4n) is 1.00. The third-order valence-corrected chi connectivity index (χ3v) is 2.26. The van der Waals surface area contributed by atoms with Gasteiger partial charge in [-0.1, -0.05) is 23.2 Å². The molecule has 6 heteroatoms. The van der Waals surface area contributed by atoms with Crippen LogP contribution in [0.1, 0.15) is 17.3 Å². The fourth-order valence-corrected chi connectivity index (χ4v) is 1.49. The number of benzene rings is 1. The smallest absolute Gasteiger partial charge is 0.379 e. The zero-order valence-electron chi connectivity index (χ0n) is 8.22. The summed E-state index contributed by atoms with van der Waals surface area (Å²) in [6.45, 7) is 1.64. The maximum atomic E-state index is 13.0. The third kappa shape index (κ3) is 2.71. The van der Waals surface area contributed by atoms with Crippen molar-refractivity contribution in [2.45, 2.75) is 6.92 Å². The number of Topliss-reactive ketones (excluding diaryl/α,β-unsaturated/α-hetero) is 1. The summed E-state index contributed by atoms with van der Waals surface area (Å²) in [5.41, 5.74) is -0.102. The minimum absolute atomic E-state index is 0.0766. The molecule has 0 aliphatic carbocycles. The van der Waals surface area contributed by atoms with Crippen LogP contribution in [0.2, 0.25) is 10.0 Å². The van der Waals surface area contributed by atoms with Crippen molar-refractivity contribution < 1.29 is 18.7 Å². The van der Waals surface area contributed by atoms with Crippen LogP contribution in [-0.2, 0) is 9.53 Å². The van der Waals surface area contributed by atoms with Crippen molar-refractivity contribution in [2.24, 2.45) is 0 Å². The second-order valence-corrected chi connectivity index (χ2v) is 3.62. The molecule has 0 amide bonds. The lowest BCUT2D eigenvalue weighted by molar-refractivity contribution is -0.137. The first-order chi connectivity index (χ1) is 7.47. The van der Waals surface area contributed by atoms with Gasteiger partial charge in [-0.15, -0.1) is 0 Å². The summed E-state index contributed by atoms with van der Waals surface area (Å²) in [5, 5.41) is -0.639. The quantitative estimate of drug-likeness (QED) is 0.365. The van der Waals surface area contributed by atoms with Crippen LogP contribution in [0.25, 0.3) is 0 Å². The Balaban J connectivity index is 3.06. The van der Waals surface area contributed by atoms with Gasteiger partial charge in [0, 0.05) is 5.56 Å². The predicted molar refractivity (Wildman–Crippen MR) is 57.4 cm³/mol. The molecule has 0 spiro atoms. The zero-order valence-corrected chi connectivity index (χ0v) is 9.73. The second-order valence-electron chi connectivity index (χ2n) is 2.80. The lowest BCUT2D eigenvalue weighted by atomic mass is 10.1. The number of esters is 1. The van der Waals surface area contributed by atoms with Gasteiger partial charge in [0.15, 0.2) is 5.82 Å². The Morgan fingerprint density at radius 1 is 1.31 bits per heavy atom. The average molecular weight is 265 g/mol. The highest BCUT2D eigenvalue weighted by molar-refractivity contribution is 6.42. The third-order valence-electron chi connectivity index (χ3n) is 1.71. The maximum absolute atomic E-state index is 13.0. The molecular formula is C10H7Cl2FO3. The first-order valence-corrected chi connectivity index (χ1v) is 5.09. The molecule has 0 saturated heterocycles. The van der Waals surface area contributed by atoms with Gasteiger partial charge >= 0.3 is 5.97 Å². The van der Waals surface area contributed by atoms with E-state index in [0.717, 1.165) is 12.1 Å². The minimum atomic E-state index is -1.03. The number of carbonyl (C=O) groups is 2. The van der Waals surface area contributed by atoms with E-state index in [9.17, 15) is 14.0 Å². The van der Waals surface area contributed by atoms with Gasteiger partial charge in [-0.05, 0) is 19.1 Å². The van der Waals surface area contributed by atoms with Crippen LogP contribution in [0.5, 0.6) is 0 Å². The number of rotatable bonds is 3. The Labute approximate surface area is 101 Å². The van der Waals surface area contributed by atoms with Gasteiger partial charge in [0.1, 0.15) is 0 Å². The normalized spacial score (nSPS) is 10.0. The van der Waals surface area contributed by atoms with Gasteiger partial charge in [0.2, 0.25) is 0 Å². The Bertz CT molecular complexity index is 423. The molecule has 16 heavy (non-hydrogen) atoms. The van der Waals surface area contributed by atoms with Crippen molar-refractivity contribution in [1.29, 1.82) is 0 Å². The van der Waals surface area contributed by atoms with Crippen molar-refractivity contribution in [3.63, 3.8) is 0 Å². The van der Waals surface area contributed by atoms with E-state index in [1.54, 1.807) is 6.92 Å². The summed E-state index contributed by atoms with van der Waals surface area (Å²) in [7, 11) is 0. The van der Waals surface area contributed by atoms with Crippen LogP contribution >= 0.6 is 23.2 Å². The van der Waals surface area contributed by atoms with Crippen LogP contribution in [0.3, 0.4) is 0 Å². The van der Waals surface area contributed by atoms with Crippen LogP contribution in [0, 0.1) is 5.82 Å². The van der Waals surface area contributed by atoms with E-state index in [1.807, 2.05) is 0 Å². The van der Waals surface area contributed by atoms with E-state index < -0.39 is 17.6 Å². The van der Waals surface area contributed by atoms with Crippen LogP contribution in [-0.4, -0.2) is 18.4 Å². The molecule has 0 heterocycles. The zero-order chi connectivity index (χ0) is 12.3. The molecule has 0 aliphatic heterocycles. The predicted octanol–water partition coefficient (Wildman–Crippen LogP) is 2.88. The molecule has 0 aliphatic rings. The Hall–Kier alpha value is -1.13. The molecule has 3 nitrogen and oxygen atoms in total. The Kier molecular flexibility index (Phi) is 4.26. The molecule has 0 bridgehead atoms. The number of ether oxygens (including phenoxy) is 1. The minimum Gasteiger partial charge on any atom is -0.460 e. The number of hydrogen-bond donors (Lipinski definition) is 0. The van der Waals surface area contributed by atoms with Gasteiger partial charge in [-0.25, -0.2) is 9.18 Å². The largest absolute Gasteiger partial charge is 0.460 e. The molecule has 1 aromatic rings. The summed E-state index contributed by atoms with van der Waals surface area (Å²) in [6, 6.07) is 2.06. The van der Waals surface area contributed by atoms with E-state index in [1.165, 1.54) is 0 Å². The second kappa shape index (κ2) is 5.27. The molecule has 0 N–H and O–H groups in total. The summed E-state index contributed by atoms with van der Waals surface area (Å²) in [4.78, 5) is 22.5. The highest BCUT2D eigenvalue weighted by Crippen LogP contribution is 2.25. The number of ketones is 1. The van der Waals surface area contributed by atoms with Crippen molar-refractivity contribution in [1.82, 2.24) is 0 Å². The molecule has 0 radical (unpaired) electrons. The molecule has 0 aromatic heterocycles. The molecule has 0 saturated carbocycles. The highest BCUT2D eigenvalue weighted by atomic mass is 35.5. The summed E-state index contributed by atoms with van der Waals surface area (Å²) in [6.07, 6.45) is 0. The SMILES string of the molecule is CCOC(=O)C(=O)c1cc(Cl)c(F)c(Cl)c1. The van der Waals surface area contributed by atoms with Crippen molar-refractivity contribution in [2.75, 3.05) is 6.61 Å². The first-order valence-electron chi connectivity index (χ1n) is 4.33. The van der Waals surface area contributed by atoms with Gasteiger partial charge in [0.25, 0.3) is 5.78 Å². The van der Waals surface area contributed by atoms with Crippen LogP contribution in [0.15, 0.2) is 12.1 Å². The topological polar surface area (TPSA) is 43.4 Å². The molecule has 0 atom stereocenters. The lowest BCUT2D eigenvalue weighted by Gasteiger charge is -2.03. The molecule has 1 rings (SSSR count). The molecule has 86 valence electrons. The van der Waals surface area contributed by atoms with Gasteiger partial charge in [-0.3, -0.25) is 4.79 Å². The molecule has 0 fully saturated rings. The van der Waals surface area contributed by atoms with E-state index in [-0.39, 0.29) is 22.2 Å². The Morgan fingerprint density at radius 2 is 1.81 bits per heavy atom. The monoisotopic (exact) mass is 264 g/mol. The number of hydrogen-bond acceptors (Lipinski definition) is 3. The Morgan fingerprint density at radius 3 is 2.25 bits per heavy atom. The maximum Gasteiger partial charge on any atom is 0.379 e. The van der Waals surface area contributed by atoms with Crippen molar-refractivity contribution in [3.05, 3.63) is 33.6 Å². The summed E-state index contributed by atoms with van der Waals surface area (Å²) in [5.74, 6) is -2.77. The van der Waals surface area contributed by atoms with Gasteiger partial charge in [-0.2, -0.15) is 0 Å². The van der Waals surface area contributed by atoms with Crippen LogP contribution < -0.4 is 0 Å². The van der Waals surface area contributed by atoms with E-state index in [4.69, 9.17) is 23.2 Å². The van der Waals surface area contributed by atoms with Crippen molar-refractivity contribution in [3.8, 4) is 0 Å². The van der Waals surface area contributed by atoms with E-state index >= 15 is 0 Å². The number of carbonyl (C=O) groups excluding carboxylic acids is 2. The molecule has 0 unspecified atom stereocenters.